The average Bonchev–Trinajstić information content (AvgIpc) is 3.54. The lowest BCUT2D eigenvalue weighted by Crippen LogP contribution is -2.62. The minimum atomic E-state index is -0.688. The number of hydrogen-bond acceptors (Lipinski definition) is 9. The van der Waals surface area contributed by atoms with Crippen molar-refractivity contribution in [2.45, 2.75) is 84.3 Å². The highest BCUT2D eigenvalue weighted by Gasteiger charge is 2.54. The number of nitrogens with zero attached hydrogens (tertiary/aromatic N) is 5. The lowest BCUT2D eigenvalue weighted by Gasteiger charge is -2.61. The molecular weight excluding hydrogens is 670 g/mol. The van der Waals surface area contributed by atoms with Crippen molar-refractivity contribution in [3.8, 4) is 22.6 Å². The summed E-state index contributed by atoms with van der Waals surface area (Å²) >= 11 is 0. The third-order valence-electron chi connectivity index (χ3n) is 10.2. The van der Waals surface area contributed by atoms with Gasteiger partial charge in [-0.1, -0.05) is 36.7 Å². The smallest absolute Gasteiger partial charge is 0.377 e. The van der Waals surface area contributed by atoms with Crippen molar-refractivity contribution < 1.29 is 32.4 Å². The summed E-state index contributed by atoms with van der Waals surface area (Å²) < 4.78 is 41.4. The van der Waals surface area contributed by atoms with E-state index in [1.54, 1.807) is 52.1 Å². The number of esters is 1. The summed E-state index contributed by atoms with van der Waals surface area (Å²) in [7, 11) is 0. The van der Waals surface area contributed by atoms with E-state index in [-0.39, 0.29) is 65.0 Å². The van der Waals surface area contributed by atoms with E-state index < -0.39 is 23.4 Å². The van der Waals surface area contributed by atoms with Gasteiger partial charge in [-0.25, -0.2) is 28.3 Å². The number of likely N-dealkylation sites (tertiary alicyclic amines) is 1. The van der Waals surface area contributed by atoms with Crippen LogP contribution >= 0.6 is 0 Å². The molecule has 0 radical (unpaired) electrons. The van der Waals surface area contributed by atoms with Gasteiger partial charge in [0, 0.05) is 61.2 Å². The molecular formula is C39H42F2N6O5. The summed E-state index contributed by atoms with van der Waals surface area (Å²) in [6.45, 7) is 11.1. The molecule has 13 heteroatoms. The first-order valence-electron chi connectivity index (χ1n) is 17.7. The molecule has 1 N–H and O–H groups in total. The van der Waals surface area contributed by atoms with E-state index in [9.17, 15) is 14.4 Å². The van der Waals surface area contributed by atoms with Crippen LogP contribution in [-0.2, 0) is 9.53 Å². The van der Waals surface area contributed by atoms with Crippen LogP contribution in [0.3, 0.4) is 0 Å². The number of urea groups is 1. The summed E-state index contributed by atoms with van der Waals surface area (Å²) in [6.07, 6.45) is 5.42. The average molecular weight is 713 g/mol. The van der Waals surface area contributed by atoms with Crippen LogP contribution in [-0.4, -0.2) is 63.2 Å². The van der Waals surface area contributed by atoms with Crippen LogP contribution in [0.1, 0.15) is 99.1 Å². The lowest BCUT2D eigenvalue weighted by atomic mass is 9.55. The third kappa shape index (κ3) is 6.93. The van der Waals surface area contributed by atoms with Crippen molar-refractivity contribution in [3.05, 3.63) is 82.9 Å². The van der Waals surface area contributed by atoms with Crippen molar-refractivity contribution in [2.75, 3.05) is 24.5 Å². The largest absolute Gasteiger partial charge is 0.454 e. The second-order valence-corrected chi connectivity index (χ2v) is 15.3. The second-order valence-electron chi connectivity index (χ2n) is 15.3. The molecule has 1 saturated carbocycles. The summed E-state index contributed by atoms with van der Waals surface area (Å²) in [5, 5.41) is 6.17. The molecule has 11 nitrogen and oxygen atoms in total. The maximum absolute atomic E-state index is 15.8. The molecule has 4 heterocycles. The van der Waals surface area contributed by atoms with Gasteiger partial charge in [-0.2, -0.15) is 0 Å². The molecule has 2 aromatic carbocycles. The Morgan fingerprint density at radius 3 is 2.50 bits per heavy atom. The second kappa shape index (κ2) is 13.5. The molecule has 1 spiro atoms. The number of aryl methyl sites for hydroxylation is 1. The van der Waals surface area contributed by atoms with Crippen LogP contribution in [0, 0.1) is 24.0 Å². The topological polar surface area (TPSA) is 131 Å². The van der Waals surface area contributed by atoms with Crippen molar-refractivity contribution in [1.29, 1.82) is 0 Å². The van der Waals surface area contributed by atoms with Crippen molar-refractivity contribution >= 4 is 23.6 Å². The fourth-order valence-electron chi connectivity index (χ4n) is 7.76. The van der Waals surface area contributed by atoms with Crippen LogP contribution in [0.25, 0.3) is 22.6 Å². The minimum Gasteiger partial charge on any atom is -0.454 e. The molecule has 2 aromatic heterocycles. The molecule has 1 aliphatic carbocycles. The number of rotatable bonds is 9. The van der Waals surface area contributed by atoms with E-state index in [1.807, 2.05) is 12.1 Å². The minimum absolute atomic E-state index is 0.0593. The third-order valence-corrected chi connectivity index (χ3v) is 10.2. The van der Waals surface area contributed by atoms with Crippen molar-refractivity contribution in [2.24, 2.45) is 5.41 Å². The van der Waals surface area contributed by atoms with Gasteiger partial charge in [0.25, 0.3) is 0 Å². The summed E-state index contributed by atoms with van der Waals surface area (Å²) in [5.41, 5.74) is 3.26. The molecule has 52 heavy (non-hydrogen) atoms. The molecule has 0 bridgehead atoms. The molecule has 2 aliphatic heterocycles. The van der Waals surface area contributed by atoms with Crippen LogP contribution in [0.15, 0.2) is 53.2 Å². The summed E-state index contributed by atoms with van der Waals surface area (Å²) in [5.74, 6) is -1.39. The zero-order valence-corrected chi connectivity index (χ0v) is 30.0. The number of anilines is 1. The number of imide groups is 1. The number of aromatic nitrogens is 3. The first-order valence-corrected chi connectivity index (χ1v) is 17.7. The highest BCUT2D eigenvalue weighted by molar-refractivity contribution is 6.05. The monoisotopic (exact) mass is 712 g/mol. The summed E-state index contributed by atoms with van der Waals surface area (Å²) in [6, 6.07) is 11.3. The normalized spacial score (nSPS) is 18.2. The van der Waals surface area contributed by atoms with E-state index in [4.69, 9.17) is 9.26 Å². The van der Waals surface area contributed by atoms with Crippen LogP contribution in [0.4, 0.5) is 19.3 Å². The van der Waals surface area contributed by atoms with Crippen LogP contribution in [0.5, 0.6) is 0 Å². The molecule has 272 valence electrons. The highest BCUT2D eigenvalue weighted by atomic mass is 19.1. The lowest BCUT2D eigenvalue weighted by molar-refractivity contribution is -0.120. The predicted molar refractivity (Wildman–Crippen MR) is 188 cm³/mol. The maximum Gasteiger partial charge on any atom is 0.377 e. The van der Waals surface area contributed by atoms with E-state index in [0.717, 1.165) is 49.9 Å². The fraction of sp³-hybridized carbons (Fsp3) is 0.436. The number of halogens is 2. The van der Waals surface area contributed by atoms with Gasteiger partial charge in [-0.15, -0.1) is 0 Å². The van der Waals surface area contributed by atoms with Gasteiger partial charge >= 0.3 is 12.0 Å². The molecule has 3 amide bonds. The first-order chi connectivity index (χ1) is 24.7. The van der Waals surface area contributed by atoms with Gasteiger partial charge < -0.3 is 9.26 Å². The van der Waals surface area contributed by atoms with Gasteiger partial charge in [0.05, 0.1) is 5.69 Å². The number of benzene rings is 2. The Kier molecular flexibility index (Phi) is 9.18. The molecule has 3 fully saturated rings. The maximum atomic E-state index is 15.8. The number of amides is 3. The predicted octanol–water partition coefficient (Wildman–Crippen LogP) is 7.51. The van der Waals surface area contributed by atoms with Gasteiger partial charge in [-0.05, 0) is 87.6 Å². The van der Waals surface area contributed by atoms with Gasteiger partial charge in [0.2, 0.25) is 11.7 Å². The highest BCUT2D eigenvalue weighted by Crippen LogP contribution is 2.58. The summed E-state index contributed by atoms with van der Waals surface area (Å²) in [4.78, 5) is 48.7. The zero-order chi connectivity index (χ0) is 36.9. The molecule has 4 aromatic rings. The Bertz CT molecular complexity index is 2040. The Labute approximate surface area is 300 Å². The molecule has 3 aliphatic rings. The van der Waals surface area contributed by atoms with Crippen LogP contribution < -0.4 is 10.2 Å². The van der Waals surface area contributed by atoms with Gasteiger partial charge in [-0.3, -0.25) is 19.9 Å². The van der Waals surface area contributed by atoms with Crippen molar-refractivity contribution in [1.82, 2.24) is 25.3 Å². The Morgan fingerprint density at radius 2 is 1.85 bits per heavy atom. The van der Waals surface area contributed by atoms with E-state index >= 15 is 8.78 Å². The number of nitrogens with one attached hydrogen (secondary N) is 1. The molecule has 1 unspecified atom stereocenters. The van der Waals surface area contributed by atoms with Gasteiger partial charge in [0.15, 0.2) is 11.5 Å². The molecule has 2 saturated heterocycles. The fourth-order valence-corrected chi connectivity index (χ4v) is 7.76. The first kappa shape index (κ1) is 35.4. The van der Waals surface area contributed by atoms with Crippen LogP contribution in [0.2, 0.25) is 0 Å². The van der Waals surface area contributed by atoms with Crippen molar-refractivity contribution in [3.63, 3.8) is 0 Å². The quantitative estimate of drug-likeness (QED) is 0.175. The van der Waals surface area contributed by atoms with Gasteiger partial charge in [0.1, 0.15) is 17.2 Å². The number of carbonyl (C=O) groups is 3. The number of hydrogen-bond donors (Lipinski definition) is 1. The number of carbonyl (C=O) groups excluding carboxylic acids is 3. The van der Waals surface area contributed by atoms with E-state index in [2.05, 4.69) is 32.3 Å². The Hall–Kier alpha value is -5.04. The van der Waals surface area contributed by atoms with E-state index in [0.29, 0.717) is 16.8 Å². The number of ether oxygens (including phenoxy) is 1. The standard InChI is InChI=1S/C39H42F2N6O5/c1-6-7-31(46-20-39(21-46)17-25(18-39)23-9-11-32(29(41)14-23)47-13-12-34(48)44-37(47)50)24-8-10-26(28(40)15-24)27-19-42-35(43-22(27)2)30-16-33(52-45-30)36(49)51-38(3,4)5/h8-11,14-16,19,25,31H,6-7,12-13,17-18,20-21H2,1-5H3,(H,44,48,50). The van der Waals surface area contributed by atoms with E-state index in [1.165, 1.54) is 17.0 Å². The Morgan fingerprint density at radius 1 is 1.08 bits per heavy atom. The SMILES string of the molecule is CCCC(c1ccc(-c2cnc(-c3cc(C(=O)OC(C)(C)C)on3)nc2C)c(F)c1)N1CC2(CC(c3ccc(N4CCC(=O)NC4=O)c(F)c3)C2)C1. The zero-order valence-electron chi connectivity index (χ0n) is 30.0. The molecule has 1 atom stereocenters. The molecule has 7 rings (SSSR count). The Balaban J connectivity index is 0.989.